The Morgan fingerprint density at radius 3 is 0.907 bits per heavy atom. The molecule has 0 spiro atoms. The number of nitriles is 1. The molecule has 0 aliphatic rings. The predicted molar refractivity (Wildman–Crippen MR) is 207 cm³/mol. The van der Waals surface area contributed by atoms with E-state index in [2.05, 4.69) is 14.9 Å². The standard InChI is InChI=1S/3C6H5NO2.C3H5N.C3H8O3S.2C2H6O.CH3ClO2S.CN.CH4.ClH.Na/c3*8-7(9)6-4-2-1-3-5-6;1-2-3-4;1-3-6-7(2,4)5;2*1-2-3;1-5(2,3)4;1-2;;;/h3*1-5H;2H2,1H3;3H2,1-2H3;2*3H,2H2,1H3;1H3;;1H4;1H;/q;;;;;;;;-1;;;+1. The molecule has 54 heavy (non-hydrogen) atoms. The van der Waals surface area contributed by atoms with Gasteiger partial charge in [-0.25, -0.2) is 8.42 Å². The van der Waals surface area contributed by atoms with E-state index in [-0.39, 0.29) is 86.3 Å². The largest absolute Gasteiger partial charge is 1.00 e. The number of benzene rings is 3. The zero-order chi connectivity index (χ0) is 41.3. The second-order valence-corrected chi connectivity index (χ2v) is 12.4. The van der Waals surface area contributed by atoms with Gasteiger partial charge in [-0.1, -0.05) is 68.9 Å². The Labute approximate surface area is 351 Å². The maximum absolute atomic E-state index is 10.0. The first-order chi connectivity index (χ1) is 23.7. The molecule has 0 bridgehead atoms. The van der Waals surface area contributed by atoms with Crippen molar-refractivity contribution in [2.45, 2.75) is 41.5 Å². The van der Waals surface area contributed by atoms with E-state index < -0.39 is 33.9 Å². The molecule has 0 aliphatic carbocycles. The Hall–Kier alpha value is -3.80. The topological polar surface area (TPSA) is 295 Å². The van der Waals surface area contributed by atoms with Crippen molar-refractivity contribution in [2.75, 3.05) is 32.3 Å². The minimum atomic E-state index is -3.19. The third kappa shape index (κ3) is 77.6. The molecule has 3 aromatic rings. The van der Waals surface area contributed by atoms with Crippen molar-refractivity contribution in [1.82, 2.24) is 0 Å². The summed E-state index contributed by atoms with van der Waals surface area (Å²) in [4.78, 5) is 28.8. The van der Waals surface area contributed by atoms with Gasteiger partial charge in [0.2, 0.25) is 9.05 Å². The molecule has 18 nitrogen and oxygen atoms in total. The van der Waals surface area contributed by atoms with Gasteiger partial charge in [0.25, 0.3) is 27.2 Å². The van der Waals surface area contributed by atoms with Crippen molar-refractivity contribution < 1.29 is 75.6 Å². The summed E-state index contributed by atoms with van der Waals surface area (Å²) >= 11 is 0. The van der Waals surface area contributed by atoms with Crippen LogP contribution in [0.4, 0.5) is 17.1 Å². The Kier molecular flexibility index (Phi) is 68.0. The first kappa shape index (κ1) is 71.6. The zero-order valence-corrected chi connectivity index (χ0v) is 35.4. The number of non-ortho nitro benzene ring substituents is 3. The van der Waals surface area contributed by atoms with Gasteiger partial charge in [-0.15, -0.1) is 12.4 Å². The molecule has 0 amide bonds. The molecule has 3 aromatic carbocycles. The summed E-state index contributed by atoms with van der Waals surface area (Å²) in [5.74, 6) is 0. The Morgan fingerprint density at radius 1 is 0.685 bits per heavy atom. The van der Waals surface area contributed by atoms with Gasteiger partial charge in [0, 0.05) is 66.7 Å². The van der Waals surface area contributed by atoms with Gasteiger partial charge < -0.3 is 22.0 Å². The maximum atomic E-state index is 10.0. The van der Waals surface area contributed by atoms with Crippen LogP contribution < -0.4 is 29.6 Å². The predicted octanol–water partition coefficient (Wildman–Crippen LogP) is 4.03. The van der Waals surface area contributed by atoms with Gasteiger partial charge in [0.15, 0.2) is 0 Å². The van der Waals surface area contributed by atoms with Crippen molar-refractivity contribution in [3.05, 3.63) is 128 Å². The number of aliphatic hydroxyl groups is 2. The number of rotatable bonds is 5. The molecule has 0 atom stereocenters. The quantitative estimate of drug-likeness (QED) is 0.0914. The van der Waals surface area contributed by atoms with Gasteiger partial charge in [-0.05, 0) is 20.8 Å². The summed E-state index contributed by atoms with van der Waals surface area (Å²) in [5, 5.41) is 59.0. The van der Waals surface area contributed by atoms with Crippen LogP contribution in [0.25, 0.3) is 0 Å². The third-order valence-electron chi connectivity index (χ3n) is 3.39. The number of nitrogens with zero attached hydrogens (tertiary/aromatic N) is 5. The van der Waals surface area contributed by atoms with Gasteiger partial charge in [-0.2, -0.15) is 13.7 Å². The molecule has 302 valence electrons. The molecule has 0 radical (unpaired) electrons. The normalized spacial score (nSPS) is 8.11. The van der Waals surface area contributed by atoms with Gasteiger partial charge in [0.05, 0.1) is 40.0 Å². The number of halogens is 2. The van der Waals surface area contributed by atoms with Crippen LogP contribution in [0, 0.1) is 53.5 Å². The second kappa shape index (κ2) is 51.3. The first-order valence-corrected chi connectivity index (χ1v) is 18.4. The zero-order valence-electron chi connectivity index (χ0n) is 30.2. The van der Waals surface area contributed by atoms with Gasteiger partial charge in [0.1, 0.15) is 0 Å². The molecule has 0 saturated heterocycles. The molecule has 0 fully saturated rings. The van der Waals surface area contributed by atoms with Crippen LogP contribution in [0.3, 0.4) is 0 Å². The van der Waals surface area contributed by atoms with Crippen LogP contribution in [0.5, 0.6) is 0 Å². The molecule has 3 rings (SSSR count). The summed E-state index contributed by atoms with van der Waals surface area (Å²) in [6.45, 7) is 12.3. The van der Waals surface area contributed by atoms with E-state index in [1.807, 2.05) is 13.0 Å². The average Bonchev–Trinajstić information content (AvgIpc) is 3.07. The fourth-order valence-corrected chi connectivity index (χ4v) is 2.29. The van der Waals surface area contributed by atoms with Gasteiger partial charge >= 0.3 is 29.6 Å². The van der Waals surface area contributed by atoms with E-state index in [1.54, 1.807) is 75.4 Å². The number of para-hydroxylation sites is 3. The van der Waals surface area contributed by atoms with E-state index in [4.69, 9.17) is 27.3 Å². The summed E-state index contributed by atoms with van der Waals surface area (Å²) in [6.07, 6.45) is 2.57. The minimum absolute atomic E-state index is 0. The summed E-state index contributed by atoms with van der Waals surface area (Å²) < 4.78 is 43.0. The van der Waals surface area contributed by atoms with Crippen LogP contribution in [0.15, 0.2) is 91.0 Å². The fraction of sp³-hybridized carbons (Fsp3) is 0.355. The van der Waals surface area contributed by atoms with Crippen molar-refractivity contribution in [3.63, 3.8) is 0 Å². The number of nitro groups is 3. The first-order valence-electron chi connectivity index (χ1n) is 13.9. The van der Waals surface area contributed by atoms with E-state index in [0.29, 0.717) is 6.42 Å². The third-order valence-corrected chi connectivity index (χ3v) is 4.05. The minimum Gasteiger partial charge on any atom is -0.512 e. The maximum Gasteiger partial charge on any atom is 1.00 e. The van der Waals surface area contributed by atoms with Crippen molar-refractivity contribution >= 4 is 59.3 Å². The smallest absolute Gasteiger partial charge is 0.512 e. The van der Waals surface area contributed by atoms with Crippen molar-refractivity contribution in [1.29, 1.82) is 10.5 Å². The number of hydrogen-bond acceptors (Lipinski definition) is 15. The van der Waals surface area contributed by atoms with E-state index in [1.165, 1.54) is 36.4 Å². The summed E-state index contributed by atoms with van der Waals surface area (Å²) in [6, 6.07) is 25.7. The molecule has 0 aliphatic heterocycles. The number of hydrogen-bond donors (Lipinski definition) is 2. The van der Waals surface area contributed by atoms with Crippen molar-refractivity contribution in [2.24, 2.45) is 0 Å². The molecule has 0 unspecified atom stereocenters. The molecular formula is C31H48Cl2N5NaO13S2. The van der Waals surface area contributed by atoms with E-state index >= 15 is 0 Å². The summed E-state index contributed by atoms with van der Waals surface area (Å²) in [5.41, 5.74) is 0.410. The molecular weight excluding hydrogens is 808 g/mol. The van der Waals surface area contributed by atoms with Crippen LogP contribution >= 0.6 is 23.1 Å². The second-order valence-electron chi connectivity index (χ2n) is 7.71. The monoisotopic (exact) mass is 855 g/mol. The van der Waals surface area contributed by atoms with E-state index in [9.17, 15) is 47.2 Å². The van der Waals surface area contributed by atoms with Crippen molar-refractivity contribution in [3.8, 4) is 6.07 Å². The summed E-state index contributed by atoms with van der Waals surface area (Å²) in [7, 11) is -1.87. The average molecular weight is 857 g/mol. The SMILES string of the molecule is C.CCC#N.CCO.CCO.CCOS(C)(=O)=O.CS(=O)(=O)Cl.Cl.O=[N+]([O-])c1ccccc1.O=[N+]([O-])c1ccccc1.O=[N+]([O-])c1ccccc1.[C-]#N.[Na+]. The number of aliphatic hydroxyl groups excluding tert-OH is 2. The number of nitro benzene ring substituents is 3. The van der Waals surface area contributed by atoms with Crippen LogP contribution in [-0.2, 0) is 23.4 Å². The molecule has 0 saturated carbocycles. The van der Waals surface area contributed by atoms with Gasteiger partial charge in [-0.3, -0.25) is 34.5 Å². The molecule has 0 aromatic heterocycles. The fourth-order valence-electron chi connectivity index (χ4n) is 1.86. The van der Waals surface area contributed by atoms with E-state index in [0.717, 1.165) is 12.5 Å². The molecule has 23 heteroatoms. The molecule has 2 N–H and O–H groups in total. The molecule has 0 heterocycles. The Balaban J connectivity index is -0.0000000622. The van der Waals surface area contributed by atoms with Crippen LogP contribution in [-0.4, -0.2) is 74.2 Å². The van der Waals surface area contributed by atoms with Crippen LogP contribution in [0.2, 0.25) is 0 Å². The Morgan fingerprint density at radius 2 is 0.852 bits per heavy atom. The Bertz CT molecular complexity index is 1430. The van der Waals surface area contributed by atoms with Crippen LogP contribution in [0.1, 0.15) is 41.5 Å².